The molecule has 0 saturated carbocycles. The monoisotopic (exact) mass is 283 g/mol. The fraction of sp³-hybridized carbons (Fsp3) is 0.0714. The summed E-state index contributed by atoms with van der Waals surface area (Å²) in [6.07, 6.45) is -4.73. The molecule has 0 aliphatic heterocycles. The molecular weight excluding hydrogens is 274 g/mol. The van der Waals surface area contributed by atoms with E-state index in [4.69, 9.17) is 5.73 Å². The van der Waals surface area contributed by atoms with E-state index in [1.54, 1.807) is 0 Å². The van der Waals surface area contributed by atoms with E-state index in [0.29, 0.717) is 6.07 Å². The Bertz CT molecular complexity index is 664. The van der Waals surface area contributed by atoms with Crippen molar-refractivity contribution in [2.75, 3.05) is 0 Å². The maximum atomic E-state index is 13.1. The van der Waals surface area contributed by atoms with Gasteiger partial charge in [0.2, 0.25) is 5.91 Å². The maximum absolute atomic E-state index is 13.1. The van der Waals surface area contributed by atoms with Gasteiger partial charge in [0, 0.05) is 5.56 Å². The molecule has 0 fully saturated rings. The van der Waals surface area contributed by atoms with Gasteiger partial charge in [0.05, 0.1) is 5.56 Å². The summed E-state index contributed by atoms with van der Waals surface area (Å²) in [5.41, 5.74) is 3.69. The first kappa shape index (κ1) is 14.0. The Morgan fingerprint density at radius 3 is 2.25 bits per heavy atom. The van der Waals surface area contributed by atoms with Crippen molar-refractivity contribution in [1.82, 2.24) is 0 Å². The normalized spacial score (nSPS) is 11.4. The van der Waals surface area contributed by atoms with Gasteiger partial charge >= 0.3 is 6.18 Å². The van der Waals surface area contributed by atoms with Crippen LogP contribution in [0.1, 0.15) is 15.9 Å². The zero-order valence-corrected chi connectivity index (χ0v) is 10.0. The second kappa shape index (κ2) is 4.96. The van der Waals surface area contributed by atoms with Gasteiger partial charge in [-0.05, 0) is 29.3 Å². The van der Waals surface area contributed by atoms with Crippen molar-refractivity contribution in [3.63, 3.8) is 0 Å². The molecule has 1 amide bonds. The fourth-order valence-electron chi connectivity index (χ4n) is 1.92. The summed E-state index contributed by atoms with van der Waals surface area (Å²) in [4.78, 5) is 11.3. The molecule has 2 nitrogen and oxygen atoms in total. The van der Waals surface area contributed by atoms with Gasteiger partial charge in [-0.2, -0.15) is 13.2 Å². The summed E-state index contributed by atoms with van der Waals surface area (Å²) in [6.45, 7) is 0. The van der Waals surface area contributed by atoms with Crippen molar-refractivity contribution < 1.29 is 22.4 Å². The lowest BCUT2D eigenvalue weighted by Crippen LogP contribution is -2.14. The van der Waals surface area contributed by atoms with E-state index in [0.717, 1.165) is 12.1 Å². The number of nitrogens with two attached hydrogens (primary N) is 1. The van der Waals surface area contributed by atoms with Gasteiger partial charge in [0.25, 0.3) is 0 Å². The number of halogens is 4. The van der Waals surface area contributed by atoms with Crippen LogP contribution in [0.2, 0.25) is 0 Å². The summed E-state index contributed by atoms with van der Waals surface area (Å²) in [5.74, 6) is -1.85. The van der Waals surface area contributed by atoms with Gasteiger partial charge < -0.3 is 5.73 Å². The largest absolute Gasteiger partial charge is 0.417 e. The Labute approximate surface area is 111 Å². The number of primary amides is 1. The summed E-state index contributed by atoms with van der Waals surface area (Å²) in [6, 6.07) is 7.91. The van der Waals surface area contributed by atoms with Gasteiger partial charge in [-0.1, -0.05) is 24.3 Å². The van der Waals surface area contributed by atoms with Crippen LogP contribution in [0.5, 0.6) is 0 Å². The number of amides is 1. The van der Waals surface area contributed by atoms with Crippen LogP contribution in [0.15, 0.2) is 42.5 Å². The van der Waals surface area contributed by atoms with E-state index in [1.165, 1.54) is 24.3 Å². The summed E-state index contributed by atoms with van der Waals surface area (Å²) in [7, 11) is 0. The molecule has 0 aliphatic carbocycles. The highest BCUT2D eigenvalue weighted by Gasteiger charge is 2.34. The highest BCUT2D eigenvalue weighted by atomic mass is 19.4. The van der Waals surface area contributed by atoms with E-state index in [2.05, 4.69) is 0 Å². The molecule has 0 unspecified atom stereocenters. The van der Waals surface area contributed by atoms with E-state index >= 15 is 0 Å². The van der Waals surface area contributed by atoms with Crippen LogP contribution < -0.4 is 5.73 Å². The second-order valence-corrected chi connectivity index (χ2v) is 4.10. The predicted octanol–water partition coefficient (Wildman–Crippen LogP) is 3.61. The minimum absolute atomic E-state index is 0.0207. The second-order valence-electron chi connectivity index (χ2n) is 4.10. The van der Waals surface area contributed by atoms with Crippen LogP contribution in [0.4, 0.5) is 17.6 Å². The molecule has 2 aromatic carbocycles. The fourth-order valence-corrected chi connectivity index (χ4v) is 1.92. The first-order valence-corrected chi connectivity index (χ1v) is 5.56. The topological polar surface area (TPSA) is 43.1 Å². The molecule has 6 heteroatoms. The van der Waals surface area contributed by atoms with Crippen molar-refractivity contribution in [2.24, 2.45) is 5.73 Å². The number of rotatable bonds is 2. The average molecular weight is 283 g/mol. The maximum Gasteiger partial charge on any atom is 0.417 e. The van der Waals surface area contributed by atoms with Crippen LogP contribution >= 0.6 is 0 Å². The highest BCUT2D eigenvalue weighted by Crippen LogP contribution is 2.38. The first-order chi connectivity index (χ1) is 9.30. The smallest absolute Gasteiger partial charge is 0.366 e. The number of hydrogen-bond donors (Lipinski definition) is 1. The molecule has 0 heterocycles. The van der Waals surface area contributed by atoms with Crippen molar-refractivity contribution in [3.05, 3.63) is 59.4 Å². The molecule has 104 valence electrons. The Kier molecular flexibility index (Phi) is 3.48. The molecule has 2 N–H and O–H groups in total. The predicted molar refractivity (Wildman–Crippen MR) is 65.4 cm³/mol. The van der Waals surface area contributed by atoms with Crippen LogP contribution in [0.25, 0.3) is 11.1 Å². The van der Waals surface area contributed by atoms with Crippen LogP contribution in [-0.4, -0.2) is 5.91 Å². The summed E-state index contributed by atoms with van der Waals surface area (Å²) >= 11 is 0. The van der Waals surface area contributed by atoms with E-state index in [1.807, 2.05) is 0 Å². The molecule has 0 bridgehead atoms. The lowest BCUT2D eigenvalue weighted by atomic mass is 9.94. The third-order valence-electron chi connectivity index (χ3n) is 2.77. The minimum Gasteiger partial charge on any atom is -0.366 e. The molecular formula is C14H9F4NO. The molecule has 0 aliphatic rings. The Hall–Kier alpha value is -2.37. The van der Waals surface area contributed by atoms with Gasteiger partial charge in [-0.3, -0.25) is 4.79 Å². The number of carbonyl (C=O) groups is 1. The molecule has 0 radical (unpaired) electrons. The molecule has 2 aromatic rings. The lowest BCUT2D eigenvalue weighted by molar-refractivity contribution is -0.137. The zero-order valence-electron chi connectivity index (χ0n) is 10.0. The number of alkyl halides is 3. The lowest BCUT2D eigenvalue weighted by Gasteiger charge is -2.14. The molecule has 0 spiro atoms. The molecule has 20 heavy (non-hydrogen) atoms. The SMILES string of the molecule is NC(=O)c1ccccc1-c1ccc(F)cc1C(F)(F)F. The van der Waals surface area contributed by atoms with Gasteiger partial charge in [0.15, 0.2) is 0 Å². The zero-order chi connectivity index (χ0) is 14.9. The molecule has 0 aromatic heterocycles. The third-order valence-corrected chi connectivity index (χ3v) is 2.77. The standard InChI is InChI=1S/C14H9F4NO/c15-8-5-6-10(12(7-8)14(16,17)18)9-3-1-2-4-11(9)13(19)20/h1-7H,(H2,19,20). The average Bonchev–Trinajstić information content (AvgIpc) is 2.37. The van der Waals surface area contributed by atoms with E-state index in [-0.39, 0.29) is 16.7 Å². The Morgan fingerprint density at radius 1 is 1.00 bits per heavy atom. The van der Waals surface area contributed by atoms with Crippen molar-refractivity contribution in [2.45, 2.75) is 6.18 Å². The quantitative estimate of drug-likeness (QED) is 0.841. The number of benzene rings is 2. The minimum atomic E-state index is -4.73. The van der Waals surface area contributed by atoms with Crippen molar-refractivity contribution in [1.29, 1.82) is 0 Å². The molecule has 0 atom stereocenters. The van der Waals surface area contributed by atoms with Crippen LogP contribution in [0.3, 0.4) is 0 Å². The number of hydrogen-bond acceptors (Lipinski definition) is 1. The Balaban J connectivity index is 2.74. The van der Waals surface area contributed by atoms with Crippen molar-refractivity contribution >= 4 is 5.91 Å². The first-order valence-electron chi connectivity index (χ1n) is 5.56. The molecule has 2 rings (SSSR count). The van der Waals surface area contributed by atoms with Crippen molar-refractivity contribution in [3.8, 4) is 11.1 Å². The summed E-state index contributed by atoms with van der Waals surface area (Å²) in [5, 5.41) is 0. The number of carbonyl (C=O) groups excluding carboxylic acids is 1. The van der Waals surface area contributed by atoms with Gasteiger partial charge in [-0.25, -0.2) is 4.39 Å². The summed E-state index contributed by atoms with van der Waals surface area (Å²) < 4.78 is 52.0. The van der Waals surface area contributed by atoms with E-state index < -0.39 is 23.5 Å². The van der Waals surface area contributed by atoms with E-state index in [9.17, 15) is 22.4 Å². The molecule has 0 saturated heterocycles. The van der Waals surface area contributed by atoms with Crippen LogP contribution in [0, 0.1) is 5.82 Å². The van der Waals surface area contributed by atoms with Gasteiger partial charge in [0.1, 0.15) is 5.82 Å². The van der Waals surface area contributed by atoms with Crippen LogP contribution in [-0.2, 0) is 6.18 Å². The highest BCUT2D eigenvalue weighted by molar-refractivity contribution is 6.00. The van der Waals surface area contributed by atoms with Gasteiger partial charge in [-0.15, -0.1) is 0 Å². The Morgan fingerprint density at radius 2 is 1.65 bits per heavy atom. The third kappa shape index (κ3) is 2.64.